The van der Waals surface area contributed by atoms with Crippen LogP contribution in [-0.2, 0) is 6.54 Å². The van der Waals surface area contributed by atoms with Gasteiger partial charge in [-0.15, -0.1) is 0 Å². The number of hydrogen-bond donors (Lipinski definition) is 1. The van der Waals surface area contributed by atoms with E-state index in [1.807, 2.05) is 6.07 Å². The van der Waals surface area contributed by atoms with Gasteiger partial charge in [0.1, 0.15) is 5.82 Å². The molecule has 17 heavy (non-hydrogen) atoms. The third kappa shape index (κ3) is 3.15. The smallest absolute Gasteiger partial charge is 0.137 e. The predicted molar refractivity (Wildman–Crippen MR) is 73.7 cm³/mol. The van der Waals surface area contributed by atoms with Gasteiger partial charge in [0.15, 0.2) is 0 Å². The largest absolute Gasteiger partial charge is 0.306 e. The maximum atomic E-state index is 13.3. The summed E-state index contributed by atoms with van der Waals surface area (Å²) < 4.78 is 13.9. The summed E-state index contributed by atoms with van der Waals surface area (Å²) in [6.07, 6.45) is 0. The number of hydrogen-bond acceptors (Lipinski definition) is 2. The Morgan fingerprint density at radius 2 is 2.24 bits per heavy atom. The van der Waals surface area contributed by atoms with Gasteiger partial charge in [-0.3, -0.25) is 0 Å². The van der Waals surface area contributed by atoms with Crippen molar-refractivity contribution in [2.45, 2.75) is 19.5 Å². The lowest BCUT2D eigenvalue weighted by molar-refractivity contribution is 0.567. The van der Waals surface area contributed by atoms with Gasteiger partial charge in [-0.05, 0) is 56.9 Å². The van der Waals surface area contributed by atoms with Crippen molar-refractivity contribution in [3.8, 4) is 0 Å². The third-order valence-electron chi connectivity index (χ3n) is 2.67. The van der Waals surface area contributed by atoms with Crippen molar-refractivity contribution < 1.29 is 4.39 Å². The summed E-state index contributed by atoms with van der Waals surface area (Å²) in [6, 6.07) is 7.47. The maximum Gasteiger partial charge on any atom is 0.137 e. The second kappa shape index (κ2) is 5.76. The zero-order valence-electron chi connectivity index (χ0n) is 9.41. The van der Waals surface area contributed by atoms with Gasteiger partial charge in [0.05, 0.1) is 4.47 Å². The van der Waals surface area contributed by atoms with Gasteiger partial charge in [-0.25, -0.2) is 4.39 Å². The molecule has 1 heterocycles. The lowest BCUT2D eigenvalue weighted by Gasteiger charge is -2.13. The van der Waals surface area contributed by atoms with E-state index in [0.29, 0.717) is 11.0 Å². The van der Waals surface area contributed by atoms with Crippen molar-refractivity contribution in [1.29, 1.82) is 0 Å². The molecule has 0 saturated heterocycles. The molecule has 0 spiro atoms. The average molecular weight is 314 g/mol. The van der Waals surface area contributed by atoms with Crippen molar-refractivity contribution in [2.24, 2.45) is 0 Å². The second-order valence-electron chi connectivity index (χ2n) is 3.87. The van der Waals surface area contributed by atoms with Crippen molar-refractivity contribution in [3.05, 3.63) is 56.4 Å². The monoisotopic (exact) mass is 313 g/mol. The van der Waals surface area contributed by atoms with E-state index in [2.05, 4.69) is 45.0 Å². The van der Waals surface area contributed by atoms with Crippen LogP contribution in [0.1, 0.15) is 24.1 Å². The number of thiophene rings is 1. The molecule has 0 radical (unpaired) electrons. The van der Waals surface area contributed by atoms with E-state index in [1.54, 1.807) is 17.4 Å². The molecule has 0 amide bonds. The molecule has 1 nitrogen and oxygen atoms in total. The molecule has 1 unspecified atom stereocenters. The maximum absolute atomic E-state index is 13.3. The van der Waals surface area contributed by atoms with Crippen LogP contribution in [-0.4, -0.2) is 0 Å². The van der Waals surface area contributed by atoms with Gasteiger partial charge in [-0.2, -0.15) is 11.3 Å². The highest BCUT2D eigenvalue weighted by atomic mass is 79.9. The highest BCUT2D eigenvalue weighted by Crippen LogP contribution is 2.22. The summed E-state index contributed by atoms with van der Waals surface area (Å²) in [5, 5.41) is 7.56. The van der Waals surface area contributed by atoms with E-state index in [0.717, 1.165) is 5.56 Å². The Hall–Kier alpha value is -0.710. The molecule has 0 saturated carbocycles. The van der Waals surface area contributed by atoms with Gasteiger partial charge in [-0.1, -0.05) is 12.1 Å². The Morgan fingerprint density at radius 3 is 2.94 bits per heavy atom. The highest BCUT2D eigenvalue weighted by molar-refractivity contribution is 9.10. The van der Waals surface area contributed by atoms with E-state index in [-0.39, 0.29) is 11.9 Å². The van der Waals surface area contributed by atoms with Crippen LogP contribution in [0.5, 0.6) is 0 Å². The number of benzene rings is 1. The van der Waals surface area contributed by atoms with Crippen molar-refractivity contribution in [1.82, 2.24) is 5.32 Å². The molecule has 1 atom stereocenters. The van der Waals surface area contributed by atoms with E-state index < -0.39 is 0 Å². The van der Waals surface area contributed by atoms with Gasteiger partial charge < -0.3 is 5.32 Å². The first kappa shape index (κ1) is 12.7. The lowest BCUT2D eigenvalue weighted by Crippen LogP contribution is -2.17. The zero-order chi connectivity index (χ0) is 12.3. The average Bonchev–Trinajstić information content (AvgIpc) is 2.84. The Balaban J connectivity index is 2.00. The molecule has 0 aliphatic carbocycles. The van der Waals surface area contributed by atoms with Crippen LogP contribution in [0.3, 0.4) is 0 Å². The molecule has 2 aromatic rings. The van der Waals surface area contributed by atoms with Crippen LogP contribution in [0.4, 0.5) is 4.39 Å². The summed E-state index contributed by atoms with van der Waals surface area (Å²) in [4.78, 5) is 0. The lowest BCUT2D eigenvalue weighted by atomic mass is 10.1. The van der Waals surface area contributed by atoms with E-state index >= 15 is 0 Å². The summed E-state index contributed by atoms with van der Waals surface area (Å²) in [5.41, 5.74) is 2.20. The van der Waals surface area contributed by atoms with E-state index in [9.17, 15) is 4.39 Å². The van der Waals surface area contributed by atoms with Gasteiger partial charge in [0.25, 0.3) is 0 Å². The molecular weight excluding hydrogens is 301 g/mol. The van der Waals surface area contributed by atoms with Crippen LogP contribution < -0.4 is 5.32 Å². The topological polar surface area (TPSA) is 12.0 Å². The van der Waals surface area contributed by atoms with E-state index in [1.165, 1.54) is 11.6 Å². The summed E-state index contributed by atoms with van der Waals surface area (Å²) in [5.74, 6) is -0.215. The first-order chi connectivity index (χ1) is 8.18. The normalized spacial score (nSPS) is 12.6. The minimum atomic E-state index is -0.215. The molecule has 0 bridgehead atoms. The summed E-state index contributed by atoms with van der Waals surface area (Å²) >= 11 is 4.95. The molecular formula is C13H13BrFNS. The van der Waals surface area contributed by atoms with Crippen molar-refractivity contribution >= 4 is 27.3 Å². The highest BCUT2D eigenvalue weighted by Gasteiger charge is 2.08. The van der Waals surface area contributed by atoms with E-state index in [4.69, 9.17) is 0 Å². The van der Waals surface area contributed by atoms with Gasteiger partial charge in [0.2, 0.25) is 0 Å². The van der Waals surface area contributed by atoms with Crippen LogP contribution in [0.15, 0.2) is 39.5 Å². The van der Waals surface area contributed by atoms with Gasteiger partial charge >= 0.3 is 0 Å². The minimum absolute atomic E-state index is 0.215. The Morgan fingerprint density at radius 1 is 1.41 bits per heavy atom. The van der Waals surface area contributed by atoms with Crippen LogP contribution in [0.25, 0.3) is 0 Å². The quantitative estimate of drug-likeness (QED) is 0.876. The van der Waals surface area contributed by atoms with Gasteiger partial charge in [0, 0.05) is 12.6 Å². The molecule has 1 aromatic carbocycles. The third-order valence-corrected chi connectivity index (χ3v) is 4.26. The first-order valence-electron chi connectivity index (χ1n) is 5.37. The Bertz CT molecular complexity index is 484. The molecule has 0 aliphatic rings. The summed E-state index contributed by atoms with van der Waals surface area (Å²) in [7, 11) is 0. The molecule has 2 rings (SSSR count). The minimum Gasteiger partial charge on any atom is -0.306 e. The fourth-order valence-electron chi connectivity index (χ4n) is 1.59. The Kier molecular flexibility index (Phi) is 4.31. The fraction of sp³-hybridized carbons (Fsp3) is 0.231. The number of halogens is 2. The predicted octanol–water partition coefficient (Wildman–Crippen LogP) is 4.50. The molecule has 0 fully saturated rings. The molecule has 90 valence electrons. The second-order valence-corrected chi connectivity index (χ2v) is 5.45. The fourth-order valence-corrected chi connectivity index (χ4v) is 2.75. The van der Waals surface area contributed by atoms with Crippen molar-refractivity contribution in [3.63, 3.8) is 0 Å². The SMILES string of the molecule is CC(NCc1cccc(F)c1Br)c1ccsc1. The molecule has 1 aromatic heterocycles. The van der Waals surface area contributed by atoms with Crippen LogP contribution >= 0.6 is 27.3 Å². The standard InChI is InChI=1S/C13H13BrFNS/c1-9(11-5-6-17-8-11)16-7-10-3-2-4-12(15)13(10)14/h2-6,8-9,16H,7H2,1H3. The molecule has 0 aliphatic heterocycles. The number of rotatable bonds is 4. The first-order valence-corrected chi connectivity index (χ1v) is 7.10. The molecule has 4 heteroatoms. The summed E-state index contributed by atoms with van der Waals surface area (Å²) in [6.45, 7) is 2.75. The van der Waals surface area contributed by atoms with Crippen LogP contribution in [0.2, 0.25) is 0 Å². The Labute approximate surface area is 113 Å². The zero-order valence-corrected chi connectivity index (χ0v) is 11.8. The number of nitrogens with one attached hydrogen (secondary N) is 1. The van der Waals surface area contributed by atoms with Crippen molar-refractivity contribution in [2.75, 3.05) is 0 Å². The van der Waals surface area contributed by atoms with Crippen LogP contribution in [0, 0.1) is 5.82 Å². The molecule has 1 N–H and O–H groups in total.